The van der Waals surface area contributed by atoms with Crippen molar-refractivity contribution in [2.75, 3.05) is 25.5 Å². The fourth-order valence-corrected chi connectivity index (χ4v) is 1.86. The number of nitrogens with zero attached hydrogens (tertiary/aromatic N) is 1. The summed E-state index contributed by atoms with van der Waals surface area (Å²) < 4.78 is 9.56. The lowest BCUT2D eigenvalue weighted by molar-refractivity contribution is -0.384. The minimum atomic E-state index is -0.593. The maximum Gasteiger partial charge on any atom is 0.407 e. The first kappa shape index (κ1) is 20.9. The van der Waals surface area contributed by atoms with Crippen LogP contribution in [0.2, 0.25) is 0 Å². The van der Waals surface area contributed by atoms with Crippen LogP contribution < -0.4 is 10.6 Å². The maximum absolute atomic E-state index is 11.5. The van der Waals surface area contributed by atoms with Crippen LogP contribution in [0.3, 0.4) is 0 Å². The van der Waals surface area contributed by atoms with Gasteiger partial charge >= 0.3 is 12.1 Å². The fraction of sp³-hybridized carbons (Fsp3) is 0.412. The second-order valence-corrected chi connectivity index (χ2v) is 6.25. The highest BCUT2D eigenvalue weighted by molar-refractivity contribution is 5.87. The molecule has 2 N–H and O–H groups in total. The number of anilines is 1. The molecule has 0 aliphatic heterocycles. The van der Waals surface area contributed by atoms with E-state index >= 15 is 0 Å². The van der Waals surface area contributed by atoms with E-state index in [0.29, 0.717) is 11.3 Å². The molecular weight excluding hydrogens is 342 g/mol. The topological polar surface area (TPSA) is 120 Å². The van der Waals surface area contributed by atoms with Gasteiger partial charge in [0.1, 0.15) is 11.3 Å². The molecule has 1 rings (SSSR count). The van der Waals surface area contributed by atoms with E-state index in [1.54, 1.807) is 26.8 Å². The molecule has 0 bridgehead atoms. The summed E-state index contributed by atoms with van der Waals surface area (Å²) in [5.41, 5.74) is 0.0501. The van der Waals surface area contributed by atoms with Gasteiger partial charge in [0.15, 0.2) is 0 Å². The highest BCUT2D eigenvalue weighted by Gasteiger charge is 2.16. The Morgan fingerprint density at radius 1 is 1.27 bits per heavy atom. The zero-order chi connectivity index (χ0) is 19.7. The number of ether oxygens (including phenoxy) is 2. The SMILES string of the molecule is COC(=O)C=Cc1ccc(NCCNC(=O)OC(C)(C)C)c([N+](=O)[O-])c1. The molecule has 26 heavy (non-hydrogen) atoms. The summed E-state index contributed by atoms with van der Waals surface area (Å²) in [7, 11) is 1.24. The Labute approximate surface area is 151 Å². The molecular formula is C17H23N3O6. The van der Waals surface area contributed by atoms with Gasteiger partial charge in [-0.1, -0.05) is 6.07 Å². The molecule has 0 fully saturated rings. The third kappa shape index (κ3) is 7.65. The Balaban J connectivity index is 2.66. The Morgan fingerprint density at radius 3 is 2.54 bits per heavy atom. The first-order valence-corrected chi connectivity index (χ1v) is 7.87. The van der Waals surface area contributed by atoms with Crippen LogP contribution in [0, 0.1) is 10.1 Å². The van der Waals surface area contributed by atoms with Crippen molar-refractivity contribution in [3.05, 3.63) is 40.0 Å². The minimum absolute atomic E-state index is 0.144. The summed E-state index contributed by atoms with van der Waals surface area (Å²) in [5.74, 6) is -0.553. The van der Waals surface area contributed by atoms with Gasteiger partial charge in [-0.25, -0.2) is 9.59 Å². The summed E-state index contributed by atoms with van der Waals surface area (Å²) >= 11 is 0. The monoisotopic (exact) mass is 365 g/mol. The molecule has 0 aliphatic carbocycles. The number of hydrogen-bond donors (Lipinski definition) is 2. The normalized spacial score (nSPS) is 11.1. The highest BCUT2D eigenvalue weighted by atomic mass is 16.6. The molecule has 9 heteroatoms. The second kappa shape index (κ2) is 9.40. The number of benzene rings is 1. The molecule has 0 aliphatic rings. The molecule has 0 spiro atoms. The molecule has 1 aromatic carbocycles. The van der Waals surface area contributed by atoms with Crippen molar-refractivity contribution in [1.82, 2.24) is 5.32 Å². The first-order chi connectivity index (χ1) is 12.1. The van der Waals surface area contributed by atoms with Crippen LogP contribution in [0.1, 0.15) is 26.3 Å². The number of nitro benzene ring substituents is 1. The predicted molar refractivity (Wildman–Crippen MR) is 96.9 cm³/mol. The van der Waals surface area contributed by atoms with Crippen molar-refractivity contribution < 1.29 is 24.0 Å². The smallest absolute Gasteiger partial charge is 0.407 e. The zero-order valence-corrected chi connectivity index (χ0v) is 15.2. The number of amides is 1. The average Bonchev–Trinajstić information content (AvgIpc) is 2.55. The minimum Gasteiger partial charge on any atom is -0.466 e. The van der Waals surface area contributed by atoms with E-state index in [1.165, 1.54) is 31.4 Å². The van der Waals surface area contributed by atoms with Crippen LogP contribution in [0.4, 0.5) is 16.2 Å². The number of hydrogen-bond acceptors (Lipinski definition) is 7. The van der Waals surface area contributed by atoms with Gasteiger partial charge in [-0.2, -0.15) is 0 Å². The molecule has 142 valence electrons. The van der Waals surface area contributed by atoms with Gasteiger partial charge in [0.05, 0.1) is 12.0 Å². The van der Waals surface area contributed by atoms with Crippen LogP contribution in [0.25, 0.3) is 6.08 Å². The third-order valence-corrected chi connectivity index (χ3v) is 2.94. The van der Waals surface area contributed by atoms with E-state index in [0.717, 1.165) is 0 Å². The summed E-state index contributed by atoms with van der Waals surface area (Å²) in [4.78, 5) is 33.3. The number of alkyl carbamates (subject to hydrolysis) is 1. The number of nitrogens with one attached hydrogen (secondary N) is 2. The van der Waals surface area contributed by atoms with Crippen LogP contribution in [0.15, 0.2) is 24.3 Å². The van der Waals surface area contributed by atoms with Gasteiger partial charge in [0.25, 0.3) is 5.69 Å². The van der Waals surface area contributed by atoms with Crippen molar-refractivity contribution in [3.63, 3.8) is 0 Å². The number of carbonyl (C=O) groups is 2. The van der Waals surface area contributed by atoms with Gasteiger partial charge in [0, 0.05) is 25.2 Å². The van der Waals surface area contributed by atoms with Crippen LogP contribution in [0.5, 0.6) is 0 Å². The van der Waals surface area contributed by atoms with E-state index in [4.69, 9.17) is 4.74 Å². The highest BCUT2D eigenvalue weighted by Crippen LogP contribution is 2.26. The number of rotatable bonds is 7. The largest absolute Gasteiger partial charge is 0.466 e. The summed E-state index contributed by atoms with van der Waals surface area (Å²) in [6, 6.07) is 4.49. The van der Waals surface area contributed by atoms with Crippen LogP contribution >= 0.6 is 0 Å². The Bertz CT molecular complexity index is 694. The quantitative estimate of drug-likeness (QED) is 0.251. The second-order valence-electron chi connectivity index (χ2n) is 6.25. The molecule has 0 atom stereocenters. The zero-order valence-electron chi connectivity index (χ0n) is 15.2. The van der Waals surface area contributed by atoms with Gasteiger partial charge in [0.2, 0.25) is 0 Å². The number of nitro groups is 1. The number of carbonyl (C=O) groups excluding carboxylic acids is 2. The molecule has 0 unspecified atom stereocenters. The molecule has 0 saturated heterocycles. The van der Waals surface area contributed by atoms with E-state index < -0.39 is 22.6 Å². The Morgan fingerprint density at radius 2 is 1.96 bits per heavy atom. The summed E-state index contributed by atoms with van der Waals surface area (Å²) in [6.07, 6.45) is 2.04. The van der Waals surface area contributed by atoms with Crippen LogP contribution in [-0.2, 0) is 14.3 Å². The predicted octanol–water partition coefficient (Wildman–Crippen LogP) is 2.72. The van der Waals surface area contributed by atoms with E-state index in [9.17, 15) is 19.7 Å². The van der Waals surface area contributed by atoms with Crippen molar-refractivity contribution in [2.24, 2.45) is 0 Å². The van der Waals surface area contributed by atoms with Crippen molar-refractivity contribution >= 4 is 29.5 Å². The Hall–Kier alpha value is -3.10. The standard InChI is InChI=1S/C17H23N3O6/c1-17(2,3)26-16(22)19-10-9-18-13-7-5-12(6-8-15(21)25-4)11-14(13)20(23)24/h5-8,11,18H,9-10H2,1-4H3,(H,19,22). The molecule has 0 aromatic heterocycles. The van der Waals surface area contributed by atoms with Gasteiger partial charge < -0.3 is 20.1 Å². The van der Waals surface area contributed by atoms with Crippen molar-refractivity contribution in [1.29, 1.82) is 0 Å². The van der Waals surface area contributed by atoms with Gasteiger partial charge in [-0.15, -0.1) is 0 Å². The van der Waals surface area contributed by atoms with E-state index in [1.807, 2.05) is 0 Å². The van der Waals surface area contributed by atoms with Crippen molar-refractivity contribution in [2.45, 2.75) is 26.4 Å². The average molecular weight is 365 g/mol. The molecule has 0 saturated carbocycles. The lowest BCUT2D eigenvalue weighted by Gasteiger charge is -2.19. The summed E-state index contributed by atoms with van der Waals surface area (Å²) in [6.45, 7) is 5.77. The van der Waals surface area contributed by atoms with E-state index in [2.05, 4.69) is 15.4 Å². The lowest BCUT2D eigenvalue weighted by Crippen LogP contribution is -2.35. The van der Waals surface area contributed by atoms with Crippen LogP contribution in [-0.4, -0.2) is 42.8 Å². The molecule has 1 aromatic rings. The first-order valence-electron chi connectivity index (χ1n) is 7.87. The van der Waals surface area contributed by atoms with Gasteiger partial charge in [-0.3, -0.25) is 10.1 Å². The van der Waals surface area contributed by atoms with E-state index in [-0.39, 0.29) is 18.8 Å². The van der Waals surface area contributed by atoms with Crippen molar-refractivity contribution in [3.8, 4) is 0 Å². The number of esters is 1. The Kier molecular flexibility index (Phi) is 7.57. The third-order valence-electron chi connectivity index (χ3n) is 2.94. The summed E-state index contributed by atoms with van der Waals surface area (Å²) in [5, 5.41) is 16.7. The molecule has 1 amide bonds. The lowest BCUT2D eigenvalue weighted by atomic mass is 10.1. The molecule has 0 heterocycles. The number of methoxy groups -OCH3 is 1. The van der Waals surface area contributed by atoms with Gasteiger partial charge in [-0.05, 0) is 38.5 Å². The fourth-order valence-electron chi connectivity index (χ4n) is 1.86. The molecule has 0 radical (unpaired) electrons. The molecule has 9 nitrogen and oxygen atoms in total. The maximum atomic E-state index is 11.5.